The zero-order valence-electron chi connectivity index (χ0n) is 13.6. The van der Waals surface area contributed by atoms with Crippen molar-refractivity contribution in [2.75, 3.05) is 0 Å². The molecule has 0 bridgehead atoms. The van der Waals surface area contributed by atoms with E-state index in [1.54, 1.807) is 6.07 Å². The van der Waals surface area contributed by atoms with Crippen LogP contribution in [0, 0.1) is 0 Å². The zero-order chi connectivity index (χ0) is 17.4. The lowest BCUT2D eigenvalue weighted by atomic mass is 10.1. The lowest BCUT2D eigenvalue weighted by Crippen LogP contribution is -1.95. The van der Waals surface area contributed by atoms with Crippen LogP contribution >= 0.6 is 0 Å². The molecule has 0 aliphatic heterocycles. The summed E-state index contributed by atoms with van der Waals surface area (Å²) in [5.74, 6) is 0.0257. The van der Waals surface area contributed by atoms with Gasteiger partial charge in [0.2, 0.25) is 0 Å². The third-order valence-corrected chi connectivity index (χ3v) is 4.21. The number of aromatic hydroxyl groups is 2. The summed E-state index contributed by atoms with van der Waals surface area (Å²) in [6, 6.07) is 20.3. The van der Waals surface area contributed by atoms with E-state index < -0.39 is 0 Å². The summed E-state index contributed by atoms with van der Waals surface area (Å²) in [7, 11) is 0. The second-order valence-electron chi connectivity index (χ2n) is 5.89. The number of aliphatic imine (C=N–C) groups is 1. The first-order chi connectivity index (χ1) is 12.1. The largest absolute Gasteiger partial charge is 0.508 e. The molecule has 4 aromatic rings. The first-order valence-corrected chi connectivity index (χ1v) is 7.98. The first kappa shape index (κ1) is 15.1. The number of phenols is 2. The van der Waals surface area contributed by atoms with Crippen molar-refractivity contribution in [2.45, 2.75) is 6.92 Å². The molecule has 0 saturated heterocycles. The van der Waals surface area contributed by atoms with E-state index in [0.717, 1.165) is 27.5 Å². The zero-order valence-corrected chi connectivity index (χ0v) is 13.6. The molecule has 1 heterocycles. The summed E-state index contributed by atoms with van der Waals surface area (Å²) in [4.78, 5) is 9.51. The number of phenolic OH excluding ortho intramolecular Hbond substituents is 2. The van der Waals surface area contributed by atoms with Crippen molar-refractivity contribution in [3.05, 3.63) is 72.3 Å². The maximum absolute atomic E-state index is 10.1. The van der Waals surface area contributed by atoms with E-state index in [9.17, 15) is 10.2 Å². The molecule has 0 unspecified atom stereocenters. The molecule has 4 nitrogen and oxygen atoms in total. The smallest absolute Gasteiger partial charge is 0.128 e. The highest BCUT2D eigenvalue weighted by Crippen LogP contribution is 2.34. The van der Waals surface area contributed by atoms with E-state index in [0.29, 0.717) is 11.3 Å². The second-order valence-corrected chi connectivity index (χ2v) is 5.89. The molecule has 0 amide bonds. The normalized spacial score (nSPS) is 12.0. The van der Waals surface area contributed by atoms with Gasteiger partial charge >= 0.3 is 0 Å². The van der Waals surface area contributed by atoms with Crippen LogP contribution in [0.25, 0.3) is 21.8 Å². The Morgan fingerprint density at radius 3 is 2.04 bits per heavy atom. The van der Waals surface area contributed by atoms with Gasteiger partial charge in [-0.2, -0.15) is 0 Å². The molecular weight excluding hydrogens is 312 g/mol. The van der Waals surface area contributed by atoms with Crippen molar-refractivity contribution in [3.8, 4) is 11.5 Å². The van der Waals surface area contributed by atoms with E-state index in [4.69, 9.17) is 9.98 Å². The summed E-state index contributed by atoms with van der Waals surface area (Å²) in [5, 5.41) is 21.5. The maximum Gasteiger partial charge on any atom is 0.128 e. The van der Waals surface area contributed by atoms with E-state index in [1.807, 2.05) is 55.5 Å². The van der Waals surface area contributed by atoms with Crippen molar-refractivity contribution >= 4 is 33.2 Å². The van der Waals surface area contributed by atoms with Crippen molar-refractivity contribution in [1.82, 2.24) is 4.98 Å². The molecule has 0 aliphatic carbocycles. The standard InChI is InChI=1S/C21H16N2O2/c1-13(15-11-10-14(24)12-20(15)25)22-21-16-6-2-4-8-18(16)23-19-9-5-3-7-17(19)21/h2-12,24-25H,1H3. The molecule has 0 spiro atoms. The van der Waals surface area contributed by atoms with Gasteiger partial charge in [-0.05, 0) is 31.2 Å². The topological polar surface area (TPSA) is 65.7 Å². The molecule has 0 aliphatic rings. The van der Waals surface area contributed by atoms with Gasteiger partial charge in [0.05, 0.1) is 16.7 Å². The Labute approximate surface area is 144 Å². The maximum atomic E-state index is 10.1. The highest BCUT2D eigenvalue weighted by molar-refractivity contribution is 6.11. The summed E-state index contributed by atoms with van der Waals surface area (Å²) in [6.07, 6.45) is 0. The number of hydrogen-bond acceptors (Lipinski definition) is 4. The monoisotopic (exact) mass is 328 g/mol. The Hall–Kier alpha value is -3.40. The number of benzene rings is 3. The van der Waals surface area contributed by atoms with Crippen LogP contribution in [-0.2, 0) is 0 Å². The van der Waals surface area contributed by atoms with Crippen molar-refractivity contribution in [3.63, 3.8) is 0 Å². The van der Waals surface area contributed by atoms with Crippen LogP contribution in [0.4, 0.5) is 5.69 Å². The number of hydrogen-bond donors (Lipinski definition) is 2. The Bertz CT molecular complexity index is 1080. The van der Waals surface area contributed by atoms with Gasteiger partial charge in [-0.25, -0.2) is 4.98 Å². The molecule has 2 N–H and O–H groups in total. The average molecular weight is 328 g/mol. The minimum absolute atomic E-state index is 0.00363. The minimum atomic E-state index is 0.00363. The van der Waals surface area contributed by atoms with Gasteiger partial charge in [-0.15, -0.1) is 0 Å². The lowest BCUT2D eigenvalue weighted by Gasteiger charge is -2.09. The van der Waals surface area contributed by atoms with Crippen molar-refractivity contribution in [2.24, 2.45) is 4.99 Å². The molecule has 0 atom stereocenters. The van der Waals surface area contributed by atoms with E-state index >= 15 is 0 Å². The Morgan fingerprint density at radius 2 is 1.44 bits per heavy atom. The van der Waals surface area contributed by atoms with E-state index in [2.05, 4.69) is 0 Å². The fourth-order valence-corrected chi connectivity index (χ4v) is 2.99. The first-order valence-electron chi connectivity index (χ1n) is 7.98. The Kier molecular flexibility index (Phi) is 3.58. The van der Waals surface area contributed by atoms with Gasteiger partial charge in [0, 0.05) is 28.1 Å². The molecule has 1 aromatic heterocycles. The SMILES string of the molecule is CC(=Nc1c2ccccc2nc2ccccc12)c1ccc(O)cc1O. The lowest BCUT2D eigenvalue weighted by molar-refractivity contribution is 0.450. The number of fused-ring (bicyclic) bond motifs is 2. The highest BCUT2D eigenvalue weighted by Gasteiger charge is 2.11. The predicted octanol–water partition coefficient (Wildman–Crippen LogP) is 4.94. The molecule has 0 radical (unpaired) electrons. The van der Waals surface area contributed by atoms with Crippen LogP contribution in [0.3, 0.4) is 0 Å². The minimum Gasteiger partial charge on any atom is -0.508 e. The number of aromatic nitrogens is 1. The molecule has 122 valence electrons. The van der Waals surface area contributed by atoms with Crippen LogP contribution < -0.4 is 0 Å². The van der Waals surface area contributed by atoms with Gasteiger partial charge in [-0.1, -0.05) is 36.4 Å². The Morgan fingerprint density at radius 1 is 0.840 bits per heavy atom. The van der Waals surface area contributed by atoms with Crippen LogP contribution in [0.2, 0.25) is 0 Å². The average Bonchev–Trinajstić information content (AvgIpc) is 2.61. The predicted molar refractivity (Wildman–Crippen MR) is 101 cm³/mol. The van der Waals surface area contributed by atoms with Gasteiger partial charge < -0.3 is 10.2 Å². The summed E-state index contributed by atoms with van der Waals surface area (Å²) < 4.78 is 0. The fourth-order valence-electron chi connectivity index (χ4n) is 2.99. The summed E-state index contributed by atoms with van der Waals surface area (Å²) in [6.45, 7) is 1.84. The molecule has 0 fully saturated rings. The summed E-state index contributed by atoms with van der Waals surface area (Å²) >= 11 is 0. The molecule has 4 heteroatoms. The quantitative estimate of drug-likeness (QED) is 0.404. The molecule has 25 heavy (non-hydrogen) atoms. The Balaban J connectivity index is 2.01. The molecule has 0 saturated carbocycles. The fraction of sp³-hybridized carbons (Fsp3) is 0.0476. The molecular formula is C21H16N2O2. The third kappa shape index (κ3) is 2.68. The van der Waals surface area contributed by atoms with Crippen LogP contribution in [0.5, 0.6) is 11.5 Å². The van der Waals surface area contributed by atoms with Gasteiger partial charge in [0.1, 0.15) is 11.5 Å². The number of nitrogens with zero attached hydrogens (tertiary/aromatic N) is 2. The number of pyridine rings is 1. The van der Waals surface area contributed by atoms with E-state index in [-0.39, 0.29) is 11.5 Å². The van der Waals surface area contributed by atoms with E-state index in [1.165, 1.54) is 12.1 Å². The van der Waals surface area contributed by atoms with Gasteiger partial charge in [-0.3, -0.25) is 4.99 Å². The number of rotatable bonds is 2. The van der Waals surface area contributed by atoms with Crippen LogP contribution in [-0.4, -0.2) is 20.9 Å². The number of para-hydroxylation sites is 2. The third-order valence-electron chi connectivity index (χ3n) is 4.21. The molecule has 3 aromatic carbocycles. The van der Waals surface area contributed by atoms with Crippen LogP contribution in [0.1, 0.15) is 12.5 Å². The highest BCUT2D eigenvalue weighted by atomic mass is 16.3. The van der Waals surface area contributed by atoms with Crippen molar-refractivity contribution < 1.29 is 10.2 Å². The molecule has 4 rings (SSSR count). The van der Waals surface area contributed by atoms with Crippen molar-refractivity contribution in [1.29, 1.82) is 0 Å². The van der Waals surface area contributed by atoms with Crippen LogP contribution in [0.15, 0.2) is 71.7 Å². The van der Waals surface area contributed by atoms with Gasteiger partial charge in [0.15, 0.2) is 0 Å². The summed E-state index contributed by atoms with van der Waals surface area (Å²) in [5.41, 5.74) is 3.83. The second kappa shape index (κ2) is 5.91. The van der Waals surface area contributed by atoms with Gasteiger partial charge in [0.25, 0.3) is 0 Å².